The second-order valence-corrected chi connectivity index (χ2v) is 11.7. The molecule has 3 saturated carbocycles. The average molecular weight is 455 g/mol. The Balaban J connectivity index is 1.42. The molecule has 9 atom stereocenters. The fourth-order valence-electron chi connectivity index (χ4n) is 8.14. The van der Waals surface area contributed by atoms with Gasteiger partial charge in [-0.2, -0.15) is 0 Å². The lowest BCUT2D eigenvalue weighted by Gasteiger charge is -2.60. The predicted molar refractivity (Wildman–Crippen MR) is 125 cm³/mol. The summed E-state index contributed by atoms with van der Waals surface area (Å²) in [5.74, 6) is 0.0895. The van der Waals surface area contributed by atoms with Gasteiger partial charge in [-0.1, -0.05) is 19.9 Å². The lowest BCUT2D eigenvalue weighted by Crippen LogP contribution is -2.61. The van der Waals surface area contributed by atoms with Gasteiger partial charge in [-0.3, -0.25) is 9.78 Å². The lowest BCUT2D eigenvalue weighted by atomic mass is 9.46. The van der Waals surface area contributed by atoms with E-state index in [4.69, 9.17) is 0 Å². The Morgan fingerprint density at radius 1 is 1.18 bits per heavy atom. The number of hydrogen-bond donors (Lipinski definition) is 4. The highest BCUT2D eigenvalue weighted by Gasteiger charge is 2.66. The number of ketones is 1. The van der Waals surface area contributed by atoms with Crippen LogP contribution in [0.25, 0.3) is 0 Å². The van der Waals surface area contributed by atoms with Gasteiger partial charge in [0.2, 0.25) is 0 Å². The Labute approximate surface area is 196 Å². The van der Waals surface area contributed by atoms with E-state index in [1.54, 1.807) is 12.3 Å². The summed E-state index contributed by atoms with van der Waals surface area (Å²) < 4.78 is 0. The number of aromatic nitrogens is 1. The van der Waals surface area contributed by atoms with E-state index >= 15 is 0 Å². The Kier molecular flexibility index (Phi) is 5.60. The largest absolute Gasteiger partial charge is 0.390 e. The van der Waals surface area contributed by atoms with Crippen LogP contribution in [0.5, 0.6) is 0 Å². The molecule has 0 radical (unpaired) electrons. The second-order valence-electron chi connectivity index (χ2n) is 11.7. The molecule has 0 amide bonds. The number of allylic oxidation sites excluding steroid dienone is 1. The van der Waals surface area contributed by atoms with E-state index in [1.165, 1.54) is 0 Å². The number of nitrogens with zero attached hydrogens (tertiary/aromatic N) is 1. The summed E-state index contributed by atoms with van der Waals surface area (Å²) in [5, 5.41) is 36.6. The van der Waals surface area contributed by atoms with E-state index in [0.717, 1.165) is 36.9 Å². The van der Waals surface area contributed by atoms with Crippen molar-refractivity contribution in [1.82, 2.24) is 10.3 Å². The van der Waals surface area contributed by atoms with Crippen LogP contribution < -0.4 is 5.32 Å². The molecular weight excluding hydrogens is 416 g/mol. The van der Waals surface area contributed by atoms with Crippen LogP contribution in [-0.2, 0) is 11.3 Å². The van der Waals surface area contributed by atoms with Gasteiger partial charge in [-0.25, -0.2) is 0 Å². The van der Waals surface area contributed by atoms with Crippen molar-refractivity contribution in [3.63, 3.8) is 0 Å². The van der Waals surface area contributed by atoms with Gasteiger partial charge >= 0.3 is 0 Å². The molecule has 3 fully saturated rings. The minimum Gasteiger partial charge on any atom is -0.390 e. The van der Waals surface area contributed by atoms with Gasteiger partial charge in [0.15, 0.2) is 5.78 Å². The third kappa shape index (κ3) is 3.36. The normalized spacial score (nSPS) is 45.6. The van der Waals surface area contributed by atoms with Crippen LogP contribution in [0.1, 0.15) is 64.9 Å². The molecule has 0 saturated heterocycles. The van der Waals surface area contributed by atoms with Crippen molar-refractivity contribution in [3.8, 4) is 0 Å². The Bertz CT molecular complexity index is 951. The SMILES string of the molecule is CC(NCc1cccnc1)[C@H]1CC[C@@]2(O)C3=CC(=O)[C@@H]4C[C@@H](O)[C@@H](O)C[C@]4(C)C3CC[C@]12C. The van der Waals surface area contributed by atoms with Crippen LogP contribution in [0.15, 0.2) is 36.2 Å². The van der Waals surface area contributed by atoms with E-state index in [1.807, 2.05) is 12.3 Å². The monoisotopic (exact) mass is 454 g/mol. The second kappa shape index (κ2) is 7.98. The number of fused-ring (bicyclic) bond motifs is 5. The van der Waals surface area contributed by atoms with Crippen molar-refractivity contribution in [2.24, 2.45) is 28.6 Å². The molecular formula is C27H38N2O4. The van der Waals surface area contributed by atoms with Crippen molar-refractivity contribution in [3.05, 3.63) is 41.7 Å². The summed E-state index contributed by atoms with van der Waals surface area (Å²) in [6.45, 7) is 7.26. The van der Waals surface area contributed by atoms with Crippen LogP contribution in [0.4, 0.5) is 0 Å². The van der Waals surface area contributed by atoms with Crippen LogP contribution in [0, 0.1) is 28.6 Å². The number of carbonyl (C=O) groups excluding carboxylic acids is 1. The number of aliphatic hydroxyl groups is 3. The van der Waals surface area contributed by atoms with Gasteiger partial charge in [0.25, 0.3) is 0 Å². The Hall–Kier alpha value is -1.60. The number of nitrogens with one attached hydrogen (secondary N) is 1. The van der Waals surface area contributed by atoms with E-state index < -0.39 is 23.2 Å². The maximum absolute atomic E-state index is 13.3. The first-order chi connectivity index (χ1) is 15.6. The molecule has 2 unspecified atom stereocenters. The van der Waals surface area contributed by atoms with Gasteiger partial charge in [0.05, 0.1) is 17.8 Å². The molecule has 180 valence electrons. The number of hydrogen-bond acceptors (Lipinski definition) is 6. The molecule has 0 aliphatic heterocycles. The lowest BCUT2D eigenvalue weighted by molar-refractivity contribution is -0.152. The first-order valence-corrected chi connectivity index (χ1v) is 12.6. The smallest absolute Gasteiger partial charge is 0.159 e. The number of aliphatic hydroxyl groups excluding tert-OH is 2. The molecule has 6 heteroatoms. The number of rotatable bonds is 4. The maximum Gasteiger partial charge on any atom is 0.159 e. The van der Waals surface area contributed by atoms with Crippen molar-refractivity contribution in [2.45, 2.75) is 89.7 Å². The molecule has 4 aliphatic carbocycles. The van der Waals surface area contributed by atoms with Crippen molar-refractivity contribution < 1.29 is 20.1 Å². The average Bonchev–Trinajstić information content (AvgIpc) is 3.06. The Morgan fingerprint density at radius 2 is 1.97 bits per heavy atom. The fourth-order valence-corrected chi connectivity index (χ4v) is 8.14. The summed E-state index contributed by atoms with van der Waals surface area (Å²) in [5.41, 5.74) is 0.302. The zero-order valence-corrected chi connectivity index (χ0v) is 20.0. The third-order valence-corrected chi connectivity index (χ3v) is 10.1. The summed E-state index contributed by atoms with van der Waals surface area (Å²) in [7, 11) is 0. The van der Waals surface area contributed by atoms with Gasteiger partial charge < -0.3 is 20.6 Å². The zero-order chi connectivity index (χ0) is 23.6. The van der Waals surface area contributed by atoms with Crippen LogP contribution >= 0.6 is 0 Å². The predicted octanol–water partition coefficient (Wildman–Crippen LogP) is 2.76. The van der Waals surface area contributed by atoms with E-state index in [2.05, 4.69) is 37.1 Å². The fraction of sp³-hybridized carbons (Fsp3) is 0.704. The molecule has 1 aromatic heterocycles. The molecule has 1 aromatic rings. The number of carbonyl (C=O) groups is 1. The van der Waals surface area contributed by atoms with E-state index in [0.29, 0.717) is 25.2 Å². The molecule has 4 N–H and O–H groups in total. The zero-order valence-electron chi connectivity index (χ0n) is 20.0. The highest BCUT2D eigenvalue weighted by atomic mass is 16.3. The molecule has 0 bridgehead atoms. The summed E-state index contributed by atoms with van der Waals surface area (Å²) >= 11 is 0. The number of pyridine rings is 1. The Morgan fingerprint density at radius 3 is 2.70 bits per heavy atom. The molecule has 5 rings (SSSR count). The van der Waals surface area contributed by atoms with Gasteiger partial charge in [0.1, 0.15) is 0 Å². The van der Waals surface area contributed by atoms with Crippen molar-refractivity contribution >= 4 is 5.78 Å². The van der Waals surface area contributed by atoms with Gasteiger partial charge in [0, 0.05) is 36.3 Å². The summed E-state index contributed by atoms with van der Waals surface area (Å²) in [6.07, 6.45) is 7.82. The highest BCUT2D eigenvalue weighted by molar-refractivity contribution is 5.95. The van der Waals surface area contributed by atoms with Crippen molar-refractivity contribution in [2.75, 3.05) is 0 Å². The third-order valence-electron chi connectivity index (χ3n) is 10.1. The van der Waals surface area contributed by atoms with E-state index in [9.17, 15) is 20.1 Å². The molecule has 0 aromatic carbocycles. The first kappa shape index (κ1) is 23.2. The molecule has 1 heterocycles. The minimum atomic E-state index is -1.00. The van der Waals surface area contributed by atoms with Gasteiger partial charge in [-0.15, -0.1) is 0 Å². The van der Waals surface area contributed by atoms with Gasteiger partial charge in [-0.05, 0) is 86.0 Å². The quantitative estimate of drug-likeness (QED) is 0.558. The summed E-state index contributed by atoms with van der Waals surface area (Å²) in [6, 6.07) is 4.23. The summed E-state index contributed by atoms with van der Waals surface area (Å²) in [4.78, 5) is 17.5. The van der Waals surface area contributed by atoms with Crippen LogP contribution in [0.2, 0.25) is 0 Å². The molecule has 6 nitrogen and oxygen atoms in total. The minimum absolute atomic E-state index is 0.0126. The van der Waals surface area contributed by atoms with E-state index in [-0.39, 0.29) is 29.1 Å². The molecule has 4 aliphatic rings. The van der Waals surface area contributed by atoms with Crippen molar-refractivity contribution in [1.29, 1.82) is 0 Å². The highest BCUT2D eigenvalue weighted by Crippen LogP contribution is 2.67. The first-order valence-electron chi connectivity index (χ1n) is 12.6. The molecule has 33 heavy (non-hydrogen) atoms. The van der Waals surface area contributed by atoms with Crippen LogP contribution in [0.3, 0.4) is 0 Å². The molecule has 0 spiro atoms. The standard InChI is InChI=1S/C27H38N2O4/c1-16(29-15-17-5-4-10-28-14-17)18-7-9-27(33)20-11-22(30)21-12-23(31)24(32)13-25(21,2)19(20)6-8-26(18,27)3/h4-5,10-11,14,16,18-19,21,23-24,29,31-33H,6-9,12-13,15H2,1-3H3/t16?,18-,19?,21+,23-,24+,25-,26-,27-/m1/s1. The van der Waals surface area contributed by atoms with Crippen LogP contribution in [-0.4, -0.2) is 49.9 Å². The maximum atomic E-state index is 13.3. The topological polar surface area (TPSA) is 103 Å².